The van der Waals surface area contributed by atoms with Crippen LogP contribution in [-0.4, -0.2) is 93.0 Å². The van der Waals surface area contributed by atoms with Crippen molar-refractivity contribution in [2.24, 2.45) is 0 Å². The summed E-state index contributed by atoms with van der Waals surface area (Å²) in [6.45, 7) is 6.28. The van der Waals surface area contributed by atoms with Crippen molar-refractivity contribution in [1.29, 1.82) is 0 Å². The molecule has 14 heteroatoms. The second-order valence-corrected chi connectivity index (χ2v) is 14.0. The molecule has 7 N–H and O–H groups in total. The molecule has 1 aromatic heterocycles. The van der Waals surface area contributed by atoms with E-state index in [1.165, 1.54) is 115 Å². The molecule has 0 spiro atoms. The van der Waals surface area contributed by atoms with Crippen LogP contribution >= 0.6 is 0 Å². The molecule has 0 unspecified atom stereocenters. The molecule has 14 nitrogen and oxygen atoms in total. The number of ether oxygens (including phenoxy) is 1. The number of nitrogens with zero attached hydrogens (tertiary/aromatic N) is 2. The number of hydrogen-bond acceptors (Lipinski definition) is 8. The summed E-state index contributed by atoms with van der Waals surface area (Å²) in [5.41, 5.74) is 2.20. The molecule has 1 aromatic carbocycles. The number of rotatable bonds is 28. The van der Waals surface area contributed by atoms with Gasteiger partial charge in [-0.1, -0.05) is 146 Å². The Kier molecular flexibility index (Phi) is 35.0. The highest BCUT2D eigenvalue weighted by Gasteiger charge is 2.09. The monoisotopic (exact) mass is 794 g/mol. The van der Waals surface area contributed by atoms with Crippen LogP contribution in [0.4, 0.5) is 0 Å². The van der Waals surface area contributed by atoms with Gasteiger partial charge in [0.1, 0.15) is 0 Å². The second kappa shape index (κ2) is 36.4. The Labute approximate surface area is 333 Å². The fourth-order valence-corrected chi connectivity index (χ4v) is 5.70. The quantitative estimate of drug-likeness (QED) is 0.0441. The summed E-state index contributed by atoms with van der Waals surface area (Å²) in [5.74, 6) is -6.82. The third-order valence-electron chi connectivity index (χ3n) is 8.76. The first-order chi connectivity index (χ1) is 26.4. The van der Waals surface area contributed by atoms with Crippen LogP contribution in [0.2, 0.25) is 0 Å². The smallest absolute Gasteiger partial charge is 0.414 e. The number of nitrogens with one attached hydrogen (secondary N) is 1. The average Bonchev–Trinajstić information content (AvgIpc) is 3.14. The second-order valence-electron chi connectivity index (χ2n) is 14.0. The van der Waals surface area contributed by atoms with E-state index in [0.717, 1.165) is 38.2 Å². The fourth-order valence-electron chi connectivity index (χ4n) is 5.70. The zero-order valence-corrected chi connectivity index (χ0v) is 34.1. The summed E-state index contributed by atoms with van der Waals surface area (Å²) >= 11 is 0. The Morgan fingerprint density at radius 2 is 1.09 bits per heavy atom. The maximum absolute atomic E-state index is 12.9. The molecule has 0 radical (unpaired) electrons. The van der Waals surface area contributed by atoms with Crippen molar-refractivity contribution in [3.8, 4) is 5.75 Å². The molecule has 2 aromatic rings. The molecule has 0 saturated heterocycles. The van der Waals surface area contributed by atoms with Crippen LogP contribution < -0.4 is 15.5 Å². The molecule has 0 saturated carbocycles. The molecule has 0 aliphatic heterocycles. The summed E-state index contributed by atoms with van der Waals surface area (Å²) in [6.07, 6.45) is 27.6. The number of pyridine rings is 1. The standard InChI is InChI=1S/C38H65N3O2.2C2H2O4.H2O/c1-4-5-6-7-8-9-10-11-12-13-14-15-16-17-18-19-20-24-30-43-38-34-41(33-35-26-22-21-23-27-35)36(31-37(38)42)32-39-28-25-29-40(2)3;2*3-1(4)2(5)6;/h21-23,26-27,31,34,39H,4-20,24-25,28-30,32-33H2,1-3H3;2*(H,3,4)(H,5,6);1H2. The lowest BCUT2D eigenvalue weighted by Gasteiger charge is -2.17. The molecular formula is C42H71N3O11. The third-order valence-corrected chi connectivity index (χ3v) is 8.76. The Morgan fingerprint density at radius 3 is 1.50 bits per heavy atom. The van der Waals surface area contributed by atoms with Gasteiger partial charge in [-0.3, -0.25) is 4.79 Å². The van der Waals surface area contributed by atoms with Crippen molar-refractivity contribution in [3.63, 3.8) is 0 Å². The first kappa shape index (κ1) is 53.8. The SMILES string of the molecule is CCCCCCCCCCCCCCCCCCCCOc1cn(Cc2ccccc2)c(CNCCCN(C)C)cc1=O.O.O=C(O)C(=O)O.O=C(O)C(=O)O. The number of carboxylic acids is 4. The molecule has 0 aliphatic carbocycles. The highest BCUT2D eigenvalue weighted by Crippen LogP contribution is 2.15. The van der Waals surface area contributed by atoms with E-state index in [2.05, 4.69) is 60.1 Å². The summed E-state index contributed by atoms with van der Waals surface area (Å²) in [4.78, 5) is 51.5. The third kappa shape index (κ3) is 32.0. The Balaban J connectivity index is 0. The van der Waals surface area contributed by atoms with Gasteiger partial charge in [0, 0.05) is 24.8 Å². The molecule has 0 fully saturated rings. The Morgan fingerprint density at radius 1 is 0.661 bits per heavy atom. The van der Waals surface area contributed by atoms with Crippen LogP contribution in [0.5, 0.6) is 5.75 Å². The molecule has 0 atom stereocenters. The van der Waals surface area contributed by atoms with Crippen molar-refractivity contribution in [1.82, 2.24) is 14.8 Å². The Bertz CT molecular complexity index is 1320. The molecule has 2 rings (SSSR count). The van der Waals surface area contributed by atoms with Gasteiger partial charge >= 0.3 is 23.9 Å². The van der Waals surface area contributed by atoms with Gasteiger partial charge in [-0.15, -0.1) is 0 Å². The number of aromatic nitrogens is 1. The molecule has 0 amide bonds. The summed E-state index contributed by atoms with van der Waals surface area (Å²) in [7, 11) is 4.19. The number of carboxylic acid groups (broad SMARTS) is 4. The van der Waals surface area contributed by atoms with E-state index in [1.807, 2.05) is 12.3 Å². The lowest BCUT2D eigenvalue weighted by atomic mass is 10.0. The van der Waals surface area contributed by atoms with Gasteiger partial charge in [-0.2, -0.15) is 0 Å². The normalized spacial score (nSPS) is 10.4. The molecule has 1 heterocycles. The average molecular weight is 794 g/mol. The summed E-state index contributed by atoms with van der Waals surface area (Å²) in [5, 5.41) is 33.1. The lowest BCUT2D eigenvalue weighted by molar-refractivity contribution is -0.159. The van der Waals surface area contributed by atoms with E-state index in [9.17, 15) is 4.79 Å². The van der Waals surface area contributed by atoms with Crippen LogP contribution in [0.15, 0.2) is 47.4 Å². The van der Waals surface area contributed by atoms with Gasteiger partial charge in [0.25, 0.3) is 0 Å². The number of aliphatic carboxylic acids is 4. The predicted molar refractivity (Wildman–Crippen MR) is 220 cm³/mol. The van der Waals surface area contributed by atoms with E-state index < -0.39 is 23.9 Å². The molecule has 0 aliphatic rings. The van der Waals surface area contributed by atoms with E-state index in [0.29, 0.717) is 18.9 Å². The van der Waals surface area contributed by atoms with Gasteiger partial charge in [-0.25, -0.2) is 19.2 Å². The van der Waals surface area contributed by atoms with E-state index in [-0.39, 0.29) is 10.9 Å². The minimum atomic E-state index is -1.82. The highest BCUT2D eigenvalue weighted by molar-refractivity contribution is 6.27. The summed E-state index contributed by atoms with van der Waals surface area (Å²) in [6, 6.07) is 12.2. The van der Waals surface area contributed by atoms with Crippen molar-refractivity contribution in [2.45, 2.75) is 142 Å². The highest BCUT2D eigenvalue weighted by atomic mass is 16.5. The van der Waals surface area contributed by atoms with Gasteiger partial charge in [0.15, 0.2) is 5.75 Å². The largest absolute Gasteiger partial charge is 0.488 e. The van der Waals surface area contributed by atoms with Gasteiger partial charge in [0.05, 0.1) is 12.8 Å². The fraction of sp³-hybridized carbons (Fsp3) is 0.643. The number of carbonyl (C=O) groups is 4. The number of benzene rings is 1. The van der Waals surface area contributed by atoms with Gasteiger partial charge in [0.2, 0.25) is 5.43 Å². The maximum Gasteiger partial charge on any atom is 0.414 e. The van der Waals surface area contributed by atoms with Gasteiger partial charge < -0.3 is 45.4 Å². The van der Waals surface area contributed by atoms with Crippen molar-refractivity contribution < 1.29 is 49.8 Å². The molecule has 0 bridgehead atoms. The van der Waals surface area contributed by atoms with Crippen LogP contribution in [0, 0.1) is 0 Å². The zero-order chi connectivity index (χ0) is 41.1. The van der Waals surface area contributed by atoms with E-state index in [1.54, 1.807) is 6.07 Å². The first-order valence-corrected chi connectivity index (χ1v) is 20.1. The summed E-state index contributed by atoms with van der Waals surface area (Å²) < 4.78 is 8.18. The minimum Gasteiger partial charge on any atom is -0.488 e. The van der Waals surface area contributed by atoms with Crippen molar-refractivity contribution in [2.75, 3.05) is 33.8 Å². The van der Waals surface area contributed by atoms with Crippen molar-refractivity contribution >= 4 is 23.9 Å². The first-order valence-electron chi connectivity index (χ1n) is 20.1. The van der Waals surface area contributed by atoms with Crippen molar-refractivity contribution in [3.05, 3.63) is 64.1 Å². The van der Waals surface area contributed by atoms with Crippen LogP contribution in [0.25, 0.3) is 0 Å². The number of hydrogen-bond donors (Lipinski definition) is 5. The molecule has 320 valence electrons. The molecular weight excluding hydrogens is 722 g/mol. The van der Waals surface area contributed by atoms with Crippen LogP contribution in [-0.2, 0) is 32.3 Å². The van der Waals surface area contributed by atoms with E-state index >= 15 is 0 Å². The Hall–Kier alpha value is -4.27. The van der Waals surface area contributed by atoms with Gasteiger partial charge in [-0.05, 0) is 45.6 Å². The maximum atomic E-state index is 12.9. The predicted octanol–water partition coefficient (Wildman–Crippen LogP) is 6.84. The molecule has 56 heavy (non-hydrogen) atoms. The van der Waals surface area contributed by atoms with E-state index in [4.69, 9.17) is 44.3 Å². The minimum absolute atomic E-state index is 0. The van der Waals surface area contributed by atoms with Crippen LogP contribution in [0.1, 0.15) is 140 Å². The zero-order valence-electron chi connectivity index (χ0n) is 34.1. The topological polar surface area (TPSA) is 227 Å². The lowest BCUT2D eigenvalue weighted by Crippen LogP contribution is -2.24. The number of unbranched alkanes of at least 4 members (excludes halogenated alkanes) is 17. The van der Waals surface area contributed by atoms with Crippen LogP contribution in [0.3, 0.4) is 0 Å².